The first kappa shape index (κ1) is 3.28. The Hall–Kier alpha value is -0.920. The van der Waals surface area contributed by atoms with Crippen LogP contribution in [0.4, 0.5) is 0 Å². The van der Waals surface area contributed by atoms with Crippen molar-refractivity contribution in [2.75, 3.05) is 0 Å². The lowest BCUT2D eigenvalue weighted by Gasteiger charge is -1.66. The highest BCUT2D eigenvalue weighted by molar-refractivity contribution is 5.18. The number of rotatable bonds is 0. The van der Waals surface area contributed by atoms with E-state index >= 15 is 0 Å². The molecule has 6 heavy (non-hydrogen) atoms. The van der Waals surface area contributed by atoms with Crippen molar-refractivity contribution < 1.29 is 0 Å². The van der Waals surface area contributed by atoms with E-state index in [0.29, 0.717) is 0 Å². The van der Waals surface area contributed by atoms with E-state index in [1.165, 1.54) is 0 Å². The van der Waals surface area contributed by atoms with Crippen molar-refractivity contribution in [2.24, 2.45) is 0 Å². The van der Waals surface area contributed by atoms with Gasteiger partial charge >= 0.3 is 0 Å². The Morgan fingerprint density at radius 1 is 1.67 bits per heavy atom. The molecular formula is C6H4. The lowest BCUT2D eigenvalue weighted by Crippen LogP contribution is -1.50. The third-order valence-corrected chi connectivity index (χ3v) is 0.621. The van der Waals surface area contributed by atoms with Gasteiger partial charge in [-0.2, -0.15) is 0 Å². The fraction of sp³-hybridized carbons (Fsp3) is 0.167. The van der Waals surface area contributed by atoms with E-state index in [4.69, 9.17) is 0 Å². The summed E-state index contributed by atoms with van der Waals surface area (Å²) in [6.07, 6.45) is 1.85. The average Bonchev–Trinajstić information content (AvgIpc) is 1.86. The fourth-order valence-corrected chi connectivity index (χ4v) is 0.315. The van der Waals surface area contributed by atoms with Crippen molar-refractivity contribution in [2.45, 2.75) is 6.92 Å². The molecule has 0 spiro atoms. The minimum Gasteiger partial charge on any atom is -0.0605 e. The van der Waals surface area contributed by atoms with E-state index in [-0.39, 0.29) is 0 Å². The Morgan fingerprint density at radius 3 is 2.67 bits per heavy atom. The maximum atomic E-state index is 2.82. The molecular weight excluding hydrogens is 72.1 g/mol. The van der Waals surface area contributed by atoms with E-state index in [2.05, 4.69) is 17.2 Å². The Bertz CT molecular complexity index is 178. The SMILES string of the molecule is CC1=C=C=C=C1. The van der Waals surface area contributed by atoms with Gasteiger partial charge in [0.2, 0.25) is 0 Å². The molecule has 0 atom stereocenters. The summed E-state index contributed by atoms with van der Waals surface area (Å²) in [4.78, 5) is 0. The molecule has 0 saturated heterocycles. The van der Waals surface area contributed by atoms with E-state index in [1.54, 1.807) is 0 Å². The Balaban J connectivity index is 3.24. The van der Waals surface area contributed by atoms with E-state index in [1.807, 2.05) is 13.0 Å². The molecule has 0 saturated carbocycles. The molecule has 0 aromatic rings. The van der Waals surface area contributed by atoms with Crippen molar-refractivity contribution >= 4 is 0 Å². The van der Waals surface area contributed by atoms with Gasteiger partial charge in [-0.05, 0) is 12.7 Å². The molecule has 28 valence electrons. The first-order chi connectivity index (χ1) is 2.89. The summed E-state index contributed by atoms with van der Waals surface area (Å²) in [7, 11) is 0. The van der Waals surface area contributed by atoms with Crippen LogP contribution in [0.25, 0.3) is 0 Å². The smallest absolute Gasteiger partial charge is 0.00830 e. The molecule has 0 aromatic carbocycles. The molecule has 0 nitrogen and oxygen atoms in total. The van der Waals surface area contributed by atoms with Gasteiger partial charge in [-0.1, -0.05) is 11.5 Å². The van der Waals surface area contributed by atoms with Crippen LogP contribution in [-0.2, 0) is 0 Å². The zero-order chi connectivity index (χ0) is 4.41. The van der Waals surface area contributed by atoms with Crippen LogP contribution < -0.4 is 0 Å². The average molecular weight is 76.1 g/mol. The molecule has 0 heteroatoms. The Morgan fingerprint density at radius 2 is 2.50 bits per heavy atom. The van der Waals surface area contributed by atoms with Crippen LogP contribution in [0, 0.1) is 0 Å². The normalized spacial score (nSPS) is 13.2. The van der Waals surface area contributed by atoms with E-state index in [9.17, 15) is 0 Å². The second-order valence-electron chi connectivity index (χ2n) is 1.22. The molecule has 1 rings (SSSR count). The van der Waals surface area contributed by atoms with Crippen LogP contribution in [0.1, 0.15) is 6.92 Å². The van der Waals surface area contributed by atoms with Gasteiger partial charge in [-0.15, -0.1) is 0 Å². The second kappa shape index (κ2) is 1.05. The van der Waals surface area contributed by atoms with E-state index < -0.39 is 0 Å². The molecule has 0 radical (unpaired) electrons. The summed E-state index contributed by atoms with van der Waals surface area (Å²) in [5, 5.41) is 0. The van der Waals surface area contributed by atoms with Crippen LogP contribution >= 0.6 is 0 Å². The second-order valence-corrected chi connectivity index (χ2v) is 1.22. The summed E-state index contributed by atoms with van der Waals surface area (Å²) in [6, 6.07) is 0. The molecule has 0 aliphatic heterocycles. The van der Waals surface area contributed by atoms with Gasteiger partial charge in [-0.25, -0.2) is 0 Å². The number of allylic oxidation sites excluding steroid dienone is 2. The van der Waals surface area contributed by atoms with Crippen LogP contribution in [0.2, 0.25) is 0 Å². The zero-order valence-electron chi connectivity index (χ0n) is 3.58. The Labute approximate surface area is 36.8 Å². The zero-order valence-corrected chi connectivity index (χ0v) is 3.58. The number of hydrogen-bond donors (Lipinski definition) is 0. The topological polar surface area (TPSA) is 0 Å². The van der Waals surface area contributed by atoms with Gasteiger partial charge in [0, 0.05) is 11.6 Å². The third kappa shape index (κ3) is 0.360. The minimum absolute atomic E-state index is 1.11. The highest BCUT2D eigenvalue weighted by Crippen LogP contribution is 1.90. The molecule has 0 N–H and O–H groups in total. The molecule has 0 aromatic heterocycles. The van der Waals surface area contributed by atoms with Crippen molar-refractivity contribution in [1.29, 1.82) is 0 Å². The Kier molecular flexibility index (Phi) is 0.572. The maximum Gasteiger partial charge on any atom is 0.00830 e. The van der Waals surface area contributed by atoms with Gasteiger partial charge in [-0.3, -0.25) is 0 Å². The first-order valence-electron chi connectivity index (χ1n) is 1.83. The van der Waals surface area contributed by atoms with Gasteiger partial charge in [0.05, 0.1) is 0 Å². The molecule has 1 aliphatic rings. The lowest BCUT2D eigenvalue weighted by molar-refractivity contribution is 1.58. The van der Waals surface area contributed by atoms with Crippen molar-refractivity contribution in [3.8, 4) is 0 Å². The largest absolute Gasteiger partial charge is 0.0605 e. The van der Waals surface area contributed by atoms with Crippen LogP contribution in [0.15, 0.2) is 28.8 Å². The van der Waals surface area contributed by atoms with Crippen LogP contribution in [0.5, 0.6) is 0 Å². The van der Waals surface area contributed by atoms with Crippen molar-refractivity contribution in [1.82, 2.24) is 0 Å². The van der Waals surface area contributed by atoms with Gasteiger partial charge < -0.3 is 0 Å². The maximum absolute atomic E-state index is 2.82. The molecule has 0 unspecified atom stereocenters. The minimum atomic E-state index is 1.11. The molecule has 0 amide bonds. The monoisotopic (exact) mass is 76.0 g/mol. The fourth-order valence-electron chi connectivity index (χ4n) is 0.315. The predicted octanol–water partition coefficient (Wildman–Crippen LogP) is 1.41. The molecule has 0 fully saturated rings. The summed E-state index contributed by atoms with van der Waals surface area (Å²) in [6.45, 7) is 1.97. The molecule has 0 heterocycles. The predicted molar refractivity (Wildman–Crippen MR) is 24.3 cm³/mol. The highest BCUT2D eigenvalue weighted by atomic mass is 13.8. The van der Waals surface area contributed by atoms with Gasteiger partial charge in [0.15, 0.2) is 0 Å². The van der Waals surface area contributed by atoms with Crippen molar-refractivity contribution in [3.63, 3.8) is 0 Å². The highest BCUT2D eigenvalue weighted by Gasteiger charge is 1.74. The van der Waals surface area contributed by atoms with Gasteiger partial charge in [0.1, 0.15) is 0 Å². The standard InChI is InChI=1S/C6H4/c1-6-4-2-3-5-6/h4H,1H3. The van der Waals surface area contributed by atoms with Crippen molar-refractivity contribution in [3.05, 3.63) is 28.8 Å². The van der Waals surface area contributed by atoms with Crippen LogP contribution in [-0.4, -0.2) is 0 Å². The van der Waals surface area contributed by atoms with Crippen LogP contribution in [0.3, 0.4) is 0 Å². The van der Waals surface area contributed by atoms with Gasteiger partial charge in [0.25, 0.3) is 0 Å². The first-order valence-corrected chi connectivity index (χ1v) is 1.83. The third-order valence-electron chi connectivity index (χ3n) is 0.621. The summed E-state index contributed by atoms with van der Waals surface area (Å²) in [5.74, 6) is 0. The molecule has 1 aliphatic carbocycles. The summed E-state index contributed by atoms with van der Waals surface area (Å²) < 4.78 is 0. The number of hydrogen-bond acceptors (Lipinski definition) is 0. The lowest BCUT2D eigenvalue weighted by atomic mass is 10.4. The molecule has 0 bridgehead atoms. The quantitative estimate of drug-likeness (QED) is 0.383. The summed E-state index contributed by atoms with van der Waals surface area (Å²) in [5.41, 5.74) is 9.35. The van der Waals surface area contributed by atoms with E-state index in [0.717, 1.165) is 5.57 Å². The summed E-state index contributed by atoms with van der Waals surface area (Å²) >= 11 is 0.